The molecule has 0 amide bonds. The lowest BCUT2D eigenvalue weighted by molar-refractivity contribution is -0.133. The van der Waals surface area contributed by atoms with Crippen LogP contribution >= 0.6 is 18.9 Å². The summed E-state index contributed by atoms with van der Waals surface area (Å²) in [5.41, 5.74) is 1.62. The average molecular weight is 485 g/mol. The summed E-state index contributed by atoms with van der Waals surface area (Å²) in [6.07, 6.45) is -4.22. The third-order valence-electron chi connectivity index (χ3n) is 4.56. The zero-order valence-corrected chi connectivity index (χ0v) is 18.7. The lowest BCUT2D eigenvalue weighted by Gasteiger charge is -2.08. The number of hydrogen-bond acceptors (Lipinski definition) is 4. The monoisotopic (exact) mass is 485 g/mol. The molecule has 0 fully saturated rings. The van der Waals surface area contributed by atoms with Gasteiger partial charge in [0, 0.05) is 17.0 Å². The van der Waals surface area contributed by atoms with Crippen LogP contribution in [-0.4, -0.2) is 22.5 Å². The van der Waals surface area contributed by atoms with E-state index in [1.165, 1.54) is 6.07 Å². The minimum Gasteiger partial charge on any atom is -0.488 e. The van der Waals surface area contributed by atoms with Gasteiger partial charge in [0.25, 0.3) is 0 Å². The lowest BCUT2D eigenvalue weighted by atomic mass is 10.1. The van der Waals surface area contributed by atoms with Gasteiger partial charge >= 0.3 is 13.8 Å². The van der Waals surface area contributed by atoms with E-state index in [9.17, 15) is 17.7 Å². The molecule has 0 spiro atoms. The molecule has 0 aliphatic heterocycles. The van der Waals surface area contributed by atoms with Crippen LogP contribution in [0.1, 0.15) is 21.7 Å². The molecule has 0 atom stereocenters. The molecule has 5 nitrogen and oxygen atoms in total. The van der Waals surface area contributed by atoms with Crippen molar-refractivity contribution in [1.82, 2.24) is 5.32 Å². The minimum atomic E-state index is -4.44. The smallest absolute Gasteiger partial charge is 0.426 e. The van der Waals surface area contributed by atoms with Crippen LogP contribution in [0.3, 0.4) is 0 Å². The first-order valence-electron chi connectivity index (χ1n) is 9.84. The van der Waals surface area contributed by atoms with Crippen LogP contribution in [0.2, 0.25) is 0 Å². The first-order chi connectivity index (χ1) is 15.1. The number of rotatable bonds is 10. The number of hydrogen-bond donors (Lipinski definition) is 3. The van der Waals surface area contributed by atoms with Crippen molar-refractivity contribution in [1.29, 1.82) is 0 Å². The average Bonchev–Trinajstić information content (AvgIpc) is 3.18. The highest BCUT2D eigenvalue weighted by atomic mass is 32.1. The second-order valence-electron chi connectivity index (χ2n) is 7.17. The summed E-state index contributed by atoms with van der Waals surface area (Å²) in [5.74, 6) is 0.540. The molecule has 0 unspecified atom stereocenters. The van der Waals surface area contributed by atoms with Crippen molar-refractivity contribution >= 4 is 18.9 Å². The summed E-state index contributed by atoms with van der Waals surface area (Å²) >= 11 is 0.685. The standard InChI is InChI=1S/C22H23F3NO4PS/c23-22(24,25)21-20(17-5-2-1-3-6-17)13-19(32-21)15-30-18-9-7-16(8-10-18)14-26-11-4-12-31(27,28)29/h1-3,5-10,13,26H,4,11-12,14-15H2,(H2,27,28,29). The third kappa shape index (κ3) is 7.46. The van der Waals surface area contributed by atoms with Gasteiger partial charge in [-0.1, -0.05) is 42.5 Å². The first-order valence-corrected chi connectivity index (χ1v) is 12.5. The molecule has 3 rings (SSSR count). The van der Waals surface area contributed by atoms with Crippen molar-refractivity contribution in [2.75, 3.05) is 12.7 Å². The number of ether oxygens (including phenoxy) is 1. The minimum absolute atomic E-state index is 0.0283. The van der Waals surface area contributed by atoms with Crippen molar-refractivity contribution in [3.05, 3.63) is 76.0 Å². The maximum atomic E-state index is 13.5. The van der Waals surface area contributed by atoms with Gasteiger partial charge in [0.05, 0.1) is 6.16 Å². The summed E-state index contributed by atoms with van der Waals surface area (Å²) in [4.78, 5) is 17.5. The normalized spacial score (nSPS) is 12.2. The molecular formula is C22H23F3NO4PS. The fourth-order valence-corrected chi connectivity index (χ4v) is 4.59. The zero-order valence-electron chi connectivity index (χ0n) is 17.0. The third-order valence-corrected chi connectivity index (χ3v) is 6.61. The molecule has 1 aromatic heterocycles. The highest BCUT2D eigenvalue weighted by Crippen LogP contribution is 2.43. The van der Waals surface area contributed by atoms with E-state index in [0.29, 0.717) is 47.0 Å². The van der Waals surface area contributed by atoms with E-state index >= 15 is 0 Å². The Bertz CT molecular complexity index is 1050. The predicted molar refractivity (Wildman–Crippen MR) is 119 cm³/mol. The van der Waals surface area contributed by atoms with Gasteiger partial charge in [0.15, 0.2) is 0 Å². The van der Waals surface area contributed by atoms with Crippen LogP contribution in [0.15, 0.2) is 60.7 Å². The van der Waals surface area contributed by atoms with E-state index in [2.05, 4.69) is 5.32 Å². The van der Waals surface area contributed by atoms with Gasteiger partial charge < -0.3 is 19.8 Å². The van der Waals surface area contributed by atoms with Crippen molar-refractivity contribution in [3.8, 4) is 16.9 Å². The molecule has 172 valence electrons. The lowest BCUT2D eigenvalue weighted by Crippen LogP contribution is -2.15. The highest BCUT2D eigenvalue weighted by molar-refractivity contribution is 7.51. The van der Waals surface area contributed by atoms with Gasteiger partial charge in [-0.05, 0) is 42.3 Å². The Kier molecular flexibility index (Phi) is 8.14. The molecule has 0 aliphatic rings. The fraction of sp³-hybridized carbons (Fsp3) is 0.273. The molecule has 3 N–H and O–H groups in total. The Hall–Kier alpha value is -2.16. The number of alkyl halides is 3. The Labute approximate surface area is 188 Å². The number of thiophene rings is 1. The van der Waals surface area contributed by atoms with Crippen LogP contribution < -0.4 is 10.1 Å². The largest absolute Gasteiger partial charge is 0.488 e. The molecule has 0 saturated carbocycles. The van der Waals surface area contributed by atoms with Gasteiger partial charge in [-0.3, -0.25) is 4.57 Å². The number of halogens is 3. The quantitative estimate of drug-likeness (QED) is 0.255. The van der Waals surface area contributed by atoms with Crippen LogP contribution in [0.5, 0.6) is 5.75 Å². The van der Waals surface area contributed by atoms with Crippen molar-refractivity contribution in [2.45, 2.75) is 25.7 Å². The van der Waals surface area contributed by atoms with E-state index in [4.69, 9.17) is 14.5 Å². The number of benzene rings is 2. The molecule has 0 aliphatic carbocycles. The van der Waals surface area contributed by atoms with Gasteiger partial charge in [-0.2, -0.15) is 13.2 Å². The molecule has 0 radical (unpaired) electrons. The summed E-state index contributed by atoms with van der Waals surface area (Å²) in [5, 5.41) is 3.10. The Balaban J connectivity index is 1.56. The second-order valence-corrected chi connectivity index (χ2v) is 10.1. The van der Waals surface area contributed by atoms with Crippen molar-refractivity contribution < 1.29 is 32.3 Å². The summed E-state index contributed by atoms with van der Waals surface area (Å²) in [7, 11) is -3.96. The van der Waals surface area contributed by atoms with Gasteiger partial charge in [-0.25, -0.2) is 0 Å². The molecule has 32 heavy (non-hydrogen) atoms. The van der Waals surface area contributed by atoms with Gasteiger partial charge in [-0.15, -0.1) is 11.3 Å². The van der Waals surface area contributed by atoms with Crippen LogP contribution in [0.25, 0.3) is 11.1 Å². The zero-order chi connectivity index (χ0) is 23.2. The SMILES string of the molecule is O=P(O)(O)CCCNCc1ccc(OCc2cc(-c3ccccc3)c(C(F)(F)F)s2)cc1. The Morgan fingerprint density at radius 1 is 1.03 bits per heavy atom. The van der Waals surface area contributed by atoms with Crippen LogP contribution in [-0.2, 0) is 23.9 Å². The van der Waals surface area contributed by atoms with Crippen molar-refractivity contribution in [2.24, 2.45) is 0 Å². The summed E-state index contributed by atoms with van der Waals surface area (Å²) < 4.78 is 57.0. The van der Waals surface area contributed by atoms with E-state index < -0.39 is 18.6 Å². The second kappa shape index (κ2) is 10.6. The maximum Gasteiger partial charge on any atom is 0.426 e. The maximum absolute atomic E-state index is 13.5. The van der Waals surface area contributed by atoms with Gasteiger partial charge in [0.1, 0.15) is 17.2 Å². The van der Waals surface area contributed by atoms with E-state index in [0.717, 1.165) is 5.56 Å². The van der Waals surface area contributed by atoms with E-state index in [1.54, 1.807) is 42.5 Å². The van der Waals surface area contributed by atoms with E-state index in [1.807, 2.05) is 12.1 Å². The molecule has 0 saturated heterocycles. The Morgan fingerprint density at radius 2 is 1.72 bits per heavy atom. The topological polar surface area (TPSA) is 78.8 Å². The van der Waals surface area contributed by atoms with Crippen LogP contribution in [0, 0.1) is 0 Å². The highest BCUT2D eigenvalue weighted by Gasteiger charge is 2.36. The first kappa shape index (κ1) is 24.5. The molecule has 1 heterocycles. The van der Waals surface area contributed by atoms with Gasteiger partial charge in [0.2, 0.25) is 0 Å². The van der Waals surface area contributed by atoms with Crippen LogP contribution in [0.4, 0.5) is 13.2 Å². The molecule has 0 bridgehead atoms. The molecule has 10 heteroatoms. The molecular weight excluding hydrogens is 462 g/mol. The predicted octanol–water partition coefficient (Wildman–Crippen LogP) is 5.67. The van der Waals surface area contributed by atoms with Crippen molar-refractivity contribution in [3.63, 3.8) is 0 Å². The summed E-state index contributed by atoms with van der Waals surface area (Å²) in [6, 6.07) is 17.1. The molecule has 3 aromatic rings. The molecule has 2 aromatic carbocycles. The number of nitrogens with one attached hydrogen (secondary N) is 1. The van der Waals surface area contributed by atoms with E-state index in [-0.39, 0.29) is 18.3 Å². The fourth-order valence-electron chi connectivity index (χ4n) is 3.06. The summed E-state index contributed by atoms with van der Waals surface area (Å²) in [6.45, 7) is 1.04. The Morgan fingerprint density at radius 3 is 2.34 bits per heavy atom.